The Morgan fingerprint density at radius 2 is 2.31 bits per heavy atom. The predicted molar refractivity (Wildman–Crippen MR) is 57.2 cm³/mol. The molecule has 2 atom stereocenters. The van der Waals surface area contributed by atoms with E-state index in [-0.39, 0.29) is 0 Å². The highest BCUT2D eigenvalue weighted by molar-refractivity contribution is 6.18. The summed E-state index contributed by atoms with van der Waals surface area (Å²) >= 11 is 5.93. The monoisotopic (exact) mass is 201 g/mol. The van der Waals surface area contributed by atoms with Crippen molar-refractivity contribution in [2.24, 2.45) is 11.3 Å². The van der Waals surface area contributed by atoms with Crippen molar-refractivity contribution in [3.05, 3.63) is 0 Å². The second-order valence-electron chi connectivity index (χ2n) is 4.88. The van der Waals surface area contributed by atoms with E-state index < -0.39 is 0 Å². The van der Waals surface area contributed by atoms with Gasteiger partial charge in [-0.25, -0.2) is 0 Å². The van der Waals surface area contributed by atoms with Crippen LogP contribution in [-0.4, -0.2) is 30.4 Å². The van der Waals surface area contributed by atoms with Gasteiger partial charge in [-0.15, -0.1) is 11.6 Å². The first-order valence-electron chi connectivity index (χ1n) is 5.56. The maximum absolute atomic E-state index is 5.93. The molecule has 0 aromatic rings. The fourth-order valence-electron chi connectivity index (χ4n) is 3.13. The summed E-state index contributed by atoms with van der Waals surface area (Å²) in [4.78, 5) is 2.59. The van der Waals surface area contributed by atoms with Crippen molar-refractivity contribution in [1.29, 1.82) is 0 Å². The fourth-order valence-corrected chi connectivity index (χ4v) is 3.39. The van der Waals surface area contributed by atoms with Gasteiger partial charge in [-0.1, -0.05) is 6.92 Å². The van der Waals surface area contributed by atoms with Crippen LogP contribution in [0.15, 0.2) is 0 Å². The molecular formula is C11H20ClN. The predicted octanol–water partition coefficient (Wildman–Crippen LogP) is 2.74. The van der Waals surface area contributed by atoms with Crippen LogP contribution in [0.1, 0.15) is 32.6 Å². The van der Waals surface area contributed by atoms with Crippen molar-refractivity contribution in [1.82, 2.24) is 4.90 Å². The lowest BCUT2D eigenvalue weighted by molar-refractivity contribution is 0.263. The highest BCUT2D eigenvalue weighted by Gasteiger charge is 2.42. The molecule has 0 aromatic heterocycles. The molecule has 0 N–H and O–H groups in total. The van der Waals surface area contributed by atoms with Gasteiger partial charge in [0, 0.05) is 12.4 Å². The van der Waals surface area contributed by atoms with E-state index in [4.69, 9.17) is 11.6 Å². The minimum Gasteiger partial charge on any atom is -0.303 e. The van der Waals surface area contributed by atoms with Gasteiger partial charge in [-0.2, -0.15) is 0 Å². The Morgan fingerprint density at radius 1 is 1.46 bits per heavy atom. The zero-order chi connectivity index (χ0) is 9.31. The molecule has 1 saturated heterocycles. The maximum Gasteiger partial charge on any atom is 0.0251 e. The molecule has 2 fully saturated rings. The first kappa shape index (κ1) is 9.79. The summed E-state index contributed by atoms with van der Waals surface area (Å²) in [6, 6.07) is 0. The Labute approximate surface area is 86.4 Å². The topological polar surface area (TPSA) is 3.24 Å². The first-order chi connectivity index (χ1) is 6.28. The minimum atomic E-state index is 0.676. The molecule has 1 heterocycles. The zero-order valence-corrected chi connectivity index (χ0v) is 9.32. The molecule has 13 heavy (non-hydrogen) atoms. The number of hydrogen-bond acceptors (Lipinski definition) is 1. The van der Waals surface area contributed by atoms with Crippen LogP contribution in [0.4, 0.5) is 0 Å². The van der Waals surface area contributed by atoms with E-state index in [1.807, 2.05) is 0 Å². The second-order valence-corrected chi connectivity index (χ2v) is 5.19. The standard InChI is InChI=1S/C11H20ClN/c1-2-13-6-5-11(9-13)4-3-10(7-11)8-12/h10H,2-9H2,1H3. The third-order valence-corrected chi connectivity index (χ3v) is 4.42. The van der Waals surface area contributed by atoms with Crippen molar-refractivity contribution in [3.63, 3.8) is 0 Å². The van der Waals surface area contributed by atoms with Crippen LogP contribution in [0.2, 0.25) is 0 Å². The van der Waals surface area contributed by atoms with E-state index in [0.717, 1.165) is 11.8 Å². The van der Waals surface area contributed by atoms with Gasteiger partial charge in [0.15, 0.2) is 0 Å². The maximum atomic E-state index is 5.93. The molecule has 0 radical (unpaired) electrons. The summed E-state index contributed by atoms with van der Waals surface area (Å²) in [5.41, 5.74) is 0.676. The molecule has 0 aromatic carbocycles. The zero-order valence-electron chi connectivity index (χ0n) is 8.56. The van der Waals surface area contributed by atoms with Crippen molar-refractivity contribution >= 4 is 11.6 Å². The smallest absolute Gasteiger partial charge is 0.0251 e. The Hall–Kier alpha value is 0.250. The van der Waals surface area contributed by atoms with Gasteiger partial charge in [0.05, 0.1) is 0 Å². The summed E-state index contributed by atoms with van der Waals surface area (Å²) < 4.78 is 0. The minimum absolute atomic E-state index is 0.676. The van der Waals surface area contributed by atoms with Crippen molar-refractivity contribution in [2.75, 3.05) is 25.5 Å². The fraction of sp³-hybridized carbons (Fsp3) is 1.00. The summed E-state index contributed by atoms with van der Waals surface area (Å²) in [7, 11) is 0. The molecule has 1 spiro atoms. The van der Waals surface area contributed by atoms with Crippen LogP contribution in [-0.2, 0) is 0 Å². The summed E-state index contributed by atoms with van der Waals surface area (Å²) in [5.74, 6) is 1.70. The molecule has 1 saturated carbocycles. The van der Waals surface area contributed by atoms with E-state index in [1.165, 1.54) is 45.3 Å². The highest BCUT2D eigenvalue weighted by atomic mass is 35.5. The van der Waals surface area contributed by atoms with Crippen molar-refractivity contribution < 1.29 is 0 Å². The molecule has 2 unspecified atom stereocenters. The molecule has 2 rings (SSSR count). The molecule has 1 aliphatic carbocycles. The van der Waals surface area contributed by atoms with Crippen LogP contribution in [0.25, 0.3) is 0 Å². The highest BCUT2D eigenvalue weighted by Crippen LogP contribution is 2.48. The Bertz CT molecular complexity index is 161. The number of alkyl halides is 1. The van der Waals surface area contributed by atoms with Gasteiger partial charge in [-0.3, -0.25) is 0 Å². The second kappa shape index (κ2) is 3.78. The number of hydrogen-bond donors (Lipinski definition) is 0. The number of halogens is 1. The third kappa shape index (κ3) is 1.87. The molecule has 0 amide bonds. The van der Waals surface area contributed by atoms with E-state index in [9.17, 15) is 0 Å². The van der Waals surface area contributed by atoms with E-state index in [1.54, 1.807) is 0 Å². The van der Waals surface area contributed by atoms with Crippen LogP contribution in [0.5, 0.6) is 0 Å². The van der Waals surface area contributed by atoms with Gasteiger partial charge in [0.25, 0.3) is 0 Å². The Balaban J connectivity index is 1.93. The molecular weight excluding hydrogens is 182 g/mol. The Kier molecular flexibility index (Phi) is 2.85. The van der Waals surface area contributed by atoms with Crippen LogP contribution in [0.3, 0.4) is 0 Å². The van der Waals surface area contributed by atoms with Crippen LogP contribution < -0.4 is 0 Å². The largest absolute Gasteiger partial charge is 0.303 e. The quantitative estimate of drug-likeness (QED) is 0.622. The van der Waals surface area contributed by atoms with Crippen LogP contribution in [0, 0.1) is 11.3 Å². The van der Waals surface area contributed by atoms with E-state index >= 15 is 0 Å². The summed E-state index contributed by atoms with van der Waals surface area (Å²) in [6.07, 6.45) is 5.63. The lowest BCUT2D eigenvalue weighted by Crippen LogP contribution is -2.25. The van der Waals surface area contributed by atoms with Gasteiger partial charge in [0.2, 0.25) is 0 Å². The van der Waals surface area contributed by atoms with Gasteiger partial charge < -0.3 is 4.90 Å². The molecule has 1 aliphatic heterocycles. The normalized spacial score (nSPS) is 40.6. The van der Waals surface area contributed by atoms with E-state index in [0.29, 0.717) is 5.41 Å². The van der Waals surface area contributed by atoms with E-state index in [2.05, 4.69) is 11.8 Å². The first-order valence-corrected chi connectivity index (χ1v) is 6.10. The molecule has 2 aliphatic rings. The van der Waals surface area contributed by atoms with Crippen LogP contribution >= 0.6 is 11.6 Å². The van der Waals surface area contributed by atoms with Gasteiger partial charge in [0.1, 0.15) is 0 Å². The lowest BCUT2D eigenvalue weighted by atomic mass is 9.85. The SMILES string of the molecule is CCN1CCC2(CCC(CCl)C2)C1. The van der Waals surface area contributed by atoms with Crippen molar-refractivity contribution in [3.8, 4) is 0 Å². The summed E-state index contributed by atoms with van der Waals surface area (Å²) in [5, 5.41) is 0. The lowest BCUT2D eigenvalue weighted by Gasteiger charge is -2.23. The molecule has 2 heteroatoms. The number of nitrogens with zero attached hydrogens (tertiary/aromatic N) is 1. The number of likely N-dealkylation sites (tertiary alicyclic amines) is 1. The van der Waals surface area contributed by atoms with Gasteiger partial charge in [-0.05, 0) is 50.1 Å². The van der Waals surface area contributed by atoms with Crippen molar-refractivity contribution in [2.45, 2.75) is 32.6 Å². The number of rotatable bonds is 2. The summed E-state index contributed by atoms with van der Waals surface area (Å²) in [6.45, 7) is 6.17. The average molecular weight is 202 g/mol. The van der Waals surface area contributed by atoms with Gasteiger partial charge >= 0.3 is 0 Å². The average Bonchev–Trinajstić information content (AvgIpc) is 2.74. The molecule has 0 bridgehead atoms. The Morgan fingerprint density at radius 3 is 2.85 bits per heavy atom. The third-order valence-electron chi connectivity index (χ3n) is 3.99. The molecule has 1 nitrogen and oxygen atoms in total. The molecule has 76 valence electrons.